The van der Waals surface area contributed by atoms with Crippen LogP contribution >= 0.6 is 11.3 Å². The highest BCUT2D eigenvalue weighted by Crippen LogP contribution is 2.36. The van der Waals surface area contributed by atoms with Crippen LogP contribution in [0.3, 0.4) is 0 Å². The fraction of sp³-hybridized carbons (Fsp3) is 0.455. The molecule has 3 amide bonds. The Hall–Kier alpha value is -3.59. The van der Waals surface area contributed by atoms with Gasteiger partial charge < -0.3 is 19.3 Å². The molecule has 1 fully saturated rings. The number of benzene rings is 1. The van der Waals surface area contributed by atoms with Crippen LogP contribution < -0.4 is 25.0 Å². The fourth-order valence-corrected chi connectivity index (χ4v) is 5.15. The predicted molar refractivity (Wildman–Crippen MR) is 140 cm³/mol. The molecule has 0 aliphatic carbocycles. The molecule has 37 heavy (non-hydrogen) atoms. The van der Waals surface area contributed by atoms with E-state index < -0.39 is 15.9 Å². The SMILES string of the molecule is COc1cccc(OC)c1N=C(NNC(=O)c1nc(C)cs1)NS(=O)(=O)CCN1C(=O)N(C)CCC1C. The molecule has 0 spiro atoms. The van der Waals surface area contributed by atoms with E-state index in [2.05, 4.69) is 25.6 Å². The summed E-state index contributed by atoms with van der Waals surface area (Å²) in [6.07, 6.45) is 0.736. The van der Waals surface area contributed by atoms with Gasteiger partial charge in [-0.3, -0.25) is 20.4 Å². The van der Waals surface area contributed by atoms with Gasteiger partial charge in [0.1, 0.15) is 11.5 Å². The maximum Gasteiger partial charge on any atom is 0.320 e. The standard InChI is InChI=1S/C22H31N7O6S2/c1-14-13-36-20(23-14)19(30)25-26-21(24-18-16(34-4)7-6-8-17(18)35-5)27-37(32,33)12-11-29-15(2)9-10-28(3)22(29)31/h6-8,13,15H,9-12H2,1-5H3,(H,25,30)(H2,24,26,27). The summed E-state index contributed by atoms with van der Waals surface area (Å²) in [5.74, 6) is -0.640. The van der Waals surface area contributed by atoms with E-state index in [1.165, 1.54) is 19.1 Å². The maximum absolute atomic E-state index is 13.0. The van der Waals surface area contributed by atoms with Gasteiger partial charge >= 0.3 is 6.03 Å². The zero-order chi connectivity index (χ0) is 27.2. The van der Waals surface area contributed by atoms with Gasteiger partial charge in [-0.2, -0.15) is 0 Å². The number of hydrazine groups is 1. The first kappa shape index (κ1) is 28.0. The number of amides is 3. The number of hydrogen-bond acceptors (Lipinski definition) is 9. The number of rotatable bonds is 8. The van der Waals surface area contributed by atoms with Crippen LogP contribution in [0.15, 0.2) is 28.6 Å². The van der Waals surface area contributed by atoms with E-state index in [9.17, 15) is 18.0 Å². The summed E-state index contributed by atoms with van der Waals surface area (Å²) in [6.45, 7) is 4.22. The highest BCUT2D eigenvalue weighted by molar-refractivity contribution is 7.90. The van der Waals surface area contributed by atoms with Crippen LogP contribution in [0.4, 0.5) is 10.5 Å². The van der Waals surface area contributed by atoms with E-state index in [1.807, 2.05) is 6.92 Å². The molecule has 3 rings (SSSR count). The van der Waals surface area contributed by atoms with Gasteiger partial charge in [0, 0.05) is 37.3 Å². The number of nitrogens with zero attached hydrogens (tertiary/aromatic N) is 4. The molecule has 3 N–H and O–H groups in total. The van der Waals surface area contributed by atoms with Gasteiger partial charge in [-0.15, -0.1) is 11.3 Å². The third kappa shape index (κ3) is 7.22. The van der Waals surface area contributed by atoms with Gasteiger partial charge in [0.05, 0.1) is 20.0 Å². The van der Waals surface area contributed by atoms with E-state index in [0.717, 1.165) is 17.8 Å². The molecule has 1 aliphatic rings. The van der Waals surface area contributed by atoms with Gasteiger partial charge in [0.15, 0.2) is 10.7 Å². The molecule has 1 aromatic heterocycles. The van der Waals surface area contributed by atoms with Crippen molar-refractivity contribution in [3.63, 3.8) is 0 Å². The summed E-state index contributed by atoms with van der Waals surface area (Å²) < 4.78 is 39.1. The molecule has 2 aromatic rings. The second kappa shape index (κ2) is 12.1. The molecule has 1 aromatic carbocycles. The minimum atomic E-state index is -4.01. The van der Waals surface area contributed by atoms with Crippen LogP contribution in [0.1, 0.15) is 28.8 Å². The Labute approximate surface area is 219 Å². The summed E-state index contributed by atoms with van der Waals surface area (Å²) in [5, 5.41) is 1.90. The molecule has 0 bridgehead atoms. The number of para-hydroxylation sites is 1. The van der Waals surface area contributed by atoms with Gasteiger partial charge in [-0.05, 0) is 32.4 Å². The Morgan fingerprint density at radius 3 is 2.51 bits per heavy atom. The van der Waals surface area contributed by atoms with Gasteiger partial charge in [0.2, 0.25) is 16.0 Å². The second-order valence-electron chi connectivity index (χ2n) is 8.30. The number of urea groups is 1. The van der Waals surface area contributed by atoms with Crippen LogP contribution in [0.2, 0.25) is 0 Å². The van der Waals surface area contributed by atoms with Crippen LogP contribution in [-0.4, -0.2) is 87.3 Å². The van der Waals surface area contributed by atoms with Crippen molar-refractivity contribution in [2.75, 3.05) is 40.1 Å². The van der Waals surface area contributed by atoms with E-state index in [-0.39, 0.29) is 41.0 Å². The lowest BCUT2D eigenvalue weighted by atomic mass is 10.1. The minimum absolute atomic E-state index is 0.0182. The lowest BCUT2D eigenvalue weighted by Crippen LogP contribution is -2.54. The number of aryl methyl sites for hydroxylation is 1. The number of thiazole rings is 1. The van der Waals surface area contributed by atoms with Crippen LogP contribution in [0, 0.1) is 6.92 Å². The van der Waals surface area contributed by atoms with E-state index in [4.69, 9.17) is 9.47 Å². The molecular weight excluding hydrogens is 522 g/mol. The molecule has 13 nitrogen and oxygen atoms in total. The molecule has 1 saturated heterocycles. The highest BCUT2D eigenvalue weighted by atomic mass is 32.2. The fourth-order valence-electron chi connectivity index (χ4n) is 3.53. The topological polar surface area (TPSA) is 155 Å². The Bertz CT molecular complexity index is 1240. The van der Waals surface area contributed by atoms with E-state index in [0.29, 0.717) is 23.7 Å². The molecule has 1 unspecified atom stereocenters. The Morgan fingerprint density at radius 2 is 1.92 bits per heavy atom. The quantitative estimate of drug-likeness (QED) is 0.252. The number of aliphatic imine (C=N–C) groups is 1. The molecule has 1 atom stereocenters. The molecule has 2 heterocycles. The van der Waals surface area contributed by atoms with Crippen molar-refractivity contribution in [2.24, 2.45) is 4.99 Å². The number of guanidine groups is 1. The summed E-state index contributed by atoms with van der Waals surface area (Å²) >= 11 is 1.14. The lowest BCUT2D eigenvalue weighted by molar-refractivity contribution is 0.0942. The molecule has 202 valence electrons. The van der Waals surface area contributed by atoms with Crippen LogP contribution in [0.25, 0.3) is 0 Å². The number of carbonyl (C=O) groups excluding carboxylic acids is 2. The summed E-state index contributed by atoms with van der Waals surface area (Å²) in [5.41, 5.74) is 5.80. The highest BCUT2D eigenvalue weighted by Gasteiger charge is 2.30. The zero-order valence-electron chi connectivity index (χ0n) is 21.3. The van der Waals surface area contributed by atoms with E-state index >= 15 is 0 Å². The molecule has 0 saturated carbocycles. The van der Waals surface area contributed by atoms with Crippen molar-refractivity contribution in [1.82, 2.24) is 30.4 Å². The number of aromatic nitrogens is 1. The van der Waals surface area contributed by atoms with Crippen LogP contribution in [-0.2, 0) is 10.0 Å². The van der Waals surface area contributed by atoms with Crippen molar-refractivity contribution < 1.29 is 27.5 Å². The zero-order valence-corrected chi connectivity index (χ0v) is 22.9. The summed E-state index contributed by atoms with van der Waals surface area (Å²) in [4.78, 5) is 36.5. The van der Waals surface area contributed by atoms with Gasteiger partial charge in [0.25, 0.3) is 5.91 Å². The van der Waals surface area contributed by atoms with Gasteiger partial charge in [-0.1, -0.05) is 6.07 Å². The molecular formula is C22H31N7O6S2. The number of nitrogens with one attached hydrogen (secondary N) is 3. The largest absolute Gasteiger partial charge is 0.494 e. The summed E-state index contributed by atoms with van der Waals surface area (Å²) in [7, 11) is 0.535. The van der Waals surface area contributed by atoms with Crippen molar-refractivity contribution >= 4 is 44.9 Å². The number of sulfonamides is 1. The lowest BCUT2D eigenvalue weighted by Gasteiger charge is -2.38. The monoisotopic (exact) mass is 553 g/mol. The minimum Gasteiger partial charge on any atom is -0.494 e. The number of hydrogen-bond donors (Lipinski definition) is 3. The first-order chi connectivity index (χ1) is 17.5. The number of methoxy groups -OCH3 is 2. The average molecular weight is 554 g/mol. The first-order valence-electron chi connectivity index (χ1n) is 11.3. The smallest absolute Gasteiger partial charge is 0.320 e. The maximum atomic E-state index is 13.0. The normalized spacial score (nSPS) is 16.4. The second-order valence-corrected chi connectivity index (χ2v) is 11.0. The molecule has 0 radical (unpaired) electrons. The van der Waals surface area contributed by atoms with Crippen LogP contribution in [0.5, 0.6) is 11.5 Å². The molecule has 15 heteroatoms. The summed E-state index contributed by atoms with van der Waals surface area (Å²) in [6, 6.07) is 4.62. The van der Waals surface area contributed by atoms with Crippen molar-refractivity contribution in [3.05, 3.63) is 34.3 Å². The Balaban J connectivity index is 1.84. The van der Waals surface area contributed by atoms with Crippen molar-refractivity contribution in [2.45, 2.75) is 26.3 Å². The predicted octanol–water partition coefficient (Wildman–Crippen LogP) is 1.46. The Kier molecular flexibility index (Phi) is 9.15. The molecule has 1 aliphatic heterocycles. The first-order valence-corrected chi connectivity index (χ1v) is 13.9. The van der Waals surface area contributed by atoms with E-state index in [1.54, 1.807) is 42.5 Å². The Morgan fingerprint density at radius 1 is 1.24 bits per heavy atom. The van der Waals surface area contributed by atoms with Crippen molar-refractivity contribution in [1.29, 1.82) is 0 Å². The third-order valence-electron chi connectivity index (χ3n) is 5.57. The van der Waals surface area contributed by atoms with Crippen molar-refractivity contribution in [3.8, 4) is 11.5 Å². The number of carbonyl (C=O) groups is 2. The average Bonchev–Trinajstić information content (AvgIpc) is 3.30. The van der Waals surface area contributed by atoms with Gasteiger partial charge in [-0.25, -0.2) is 23.2 Å². The number of ether oxygens (including phenoxy) is 2. The third-order valence-corrected chi connectivity index (χ3v) is 7.76.